The highest BCUT2D eigenvalue weighted by atomic mass is 16.2. The molecule has 2 N–H and O–H groups in total. The van der Waals surface area contributed by atoms with Gasteiger partial charge in [-0.1, -0.05) is 42.5 Å². The molecule has 0 bridgehead atoms. The predicted molar refractivity (Wildman–Crippen MR) is 83.2 cm³/mol. The van der Waals surface area contributed by atoms with Crippen LogP contribution in [0.1, 0.15) is 29.2 Å². The Labute approximate surface area is 124 Å². The second-order valence-electron chi connectivity index (χ2n) is 5.86. The summed E-state index contributed by atoms with van der Waals surface area (Å²) in [4.78, 5) is 12.5. The third-order valence-corrected chi connectivity index (χ3v) is 4.54. The van der Waals surface area contributed by atoms with Crippen LogP contribution >= 0.6 is 0 Å². The Bertz CT molecular complexity index is 670. The number of nitrogens with one attached hydrogen (secondary N) is 2. The normalized spacial score (nSPS) is 22.3. The van der Waals surface area contributed by atoms with Crippen molar-refractivity contribution in [1.29, 1.82) is 0 Å². The van der Waals surface area contributed by atoms with E-state index in [2.05, 4.69) is 34.9 Å². The fraction of sp³-hybridized carbons (Fsp3) is 0.278. The summed E-state index contributed by atoms with van der Waals surface area (Å²) in [7, 11) is 0. The molecule has 3 heteroatoms. The number of hydrogen-bond donors (Lipinski definition) is 2. The van der Waals surface area contributed by atoms with E-state index in [4.69, 9.17) is 0 Å². The summed E-state index contributed by atoms with van der Waals surface area (Å²) in [6, 6.07) is 16.6. The molecule has 3 nitrogen and oxygen atoms in total. The molecule has 1 heterocycles. The number of benzene rings is 2. The second kappa shape index (κ2) is 4.92. The van der Waals surface area contributed by atoms with Gasteiger partial charge in [-0.3, -0.25) is 4.79 Å². The lowest BCUT2D eigenvalue weighted by Gasteiger charge is -2.18. The van der Waals surface area contributed by atoms with E-state index in [1.807, 2.05) is 24.3 Å². The van der Waals surface area contributed by atoms with Crippen LogP contribution in [0.25, 0.3) is 0 Å². The van der Waals surface area contributed by atoms with E-state index in [0.717, 1.165) is 24.9 Å². The van der Waals surface area contributed by atoms with Gasteiger partial charge in [-0.15, -0.1) is 0 Å². The van der Waals surface area contributed by atoms with Crippen LogP contribution < -0.4 is 10.6 Å². The monoisotopic (exact) mass is 278 g/mol. The van der Waals surface area contributed by atoms with Crippen molar-refractivity contribution >= 4 is 11.6 Å². The van der Waals surface area contributed by atoms with Gasteiger partial charge in [0.05, 0.1) is 6.04 Å². The summed E-state index contributed by atoms with van der Waals surface area (Å²) in [5.74, 6) is 0.105. The summed E-state index contributed by atoms with van der Waals surface area (Å²) in [6.45, 7) is 0. The average Bonchev–Trinajstić information content (AvgIpc) is 3.11. The van der Waals surface area contributed by atoms with Crippen molar-refractivity contribution in [2.24, 2.45) is 0 Å². The van der Waals surface area contributed by atoms with Gasteiger partial charge < -0.3 is 10.6 Å². The quantitative estimate of drug-likeness (QED) is 0.887. The lowest BCUT2D eigenvalue weighted by atomic mass is 10.1. The molecule has 1 aliphatic carbocycles. The van der Waals surface area contributed by atoms with Crippen molar-refractivity contribution in [1.82, 2.24) is 5.32 Å². The van der Waals surface area contributed by atoms with Crippen LogP contribution in [0.2, 0.25) is 0 Å². The molecule has 4 rings (SSSR count). The summed E-state index contributed by atoms with van der Waals surface area (Å²) in [5.41, 5.74) is 4.96. The number of amides is 1. The van der Waals surface area contributed by atoms with Gasteiger partial charge >= 0.3 is 0 Å². The Morgan fingerprint density at radius 1 is 1.05 bits per heavy atom. The van der Waals surface area contributed by atoms with Crippen molar-refractivity contribution in [2.45, 2.75) is 31.3 Å². The molecule has 0 spiro atoms. The van der Waals surface area contributed by atoms with E-state index in [0.29, 0.717) is 0 Å². The first-order chi connectivity index (χ1) is 10.3. The molecule has 106 valence electrons. The van der Waals surface area contributed by atoms with Crippen molar-refractivity contribution in [2.75, 3.05) is 5.32 Å². The highest BCUT2D eigenvalue weighted by Crippen LogP contribution is 2.31. The maximum Gasteiger partial charge on any atom is 0.243 e. The fourth-order valence-corrected chi connectivity index (χ4v) is 3.44. The molecular weight excluding hydrogens is 260 g/mol. The Balaban J connectivity index is 1.47. The highest BCUT2D eigenvalue weighted by Gasteiger charge is 2.30. The summed E-state index contributed by atoms with van der Waals surface area (Å²) >= 11 is 0. The number of para-hydroxylation sites is 1. The van der Waals surface area contributed by atoms with Crippen molar-refractivity contribution < 1.29 is 4.79 Å². The Morgan fingerprint density at radius 2 is 1.81 bits per heavy atom. The lowest BCUT2D eigenvalue weighted by molar-refractivity contribution is -0.122. The zero-order valence-electron chi connectivity index (χ0n) is 11.8. The number of aryl methyl sites for hydroxylation is 1. The topological polar surface area (TPSA) is 41.1 Å². The van der Waals surface area contributed by atoms with Crippen molar-refractivity contribution in [3.63, 3.8) is 0 Å². The molecule has 0 fully saturated rings. The molecule has 0 saturated carbocycles. The number of rotatable bonds is 2. The summed E-state index contributed by atoms with van der Waals surface area (Å²) < 4.78 is 0. The second-order valence-corrected chi connectivity index (χ2v) is 5.86. The van der Waals surface area contributed by atoms with Gasteiger partial charge in [-0.2, -0.15) is 0 Å². The average molecular weight is 278 g/mol. The van der Waals surface area contributed by atoms with E-state index in [9.17, 15) is 4.79 Å². The number of fused-ring (bicyclic) bond motifs is 2. The van der Waals surface area contributed by atoms with E-state index < -0.39 is 0 Å². The summed E-state index contributed by atoms with van der Waals surface area (Å²) in [5, 5.41) is 6.53. The lowest BCUT2D eigenvalue weighted by Crippen LogP contribution is -2.39. The van der Waals surface area contributed by atoms with Gasteiger partial charge in [-0.25, -0.2) is 0 Å². The zero-order chi connectivity index (χ0) is 14.2. The van der Waals surface area contributed by atoms with Gasteiger partial charge in [-0.05, 0) is 35.6 Å². The minimum atomic E-state index is -0.143. The molecule has 2 aromatic carbocycles. The highest BCUT2D eigenvalue weighted by molar-refractivity contribution is 5.87. The smallest absolute Gasteiger partial charge is 0.243 e. The third kappa shape index (κ3) is 2.19. The van der Waals surface area contributed by atoms with Crippen LogP contribution in [0, 0.1) is 0 Å². The minimum absolute atomic E-state index is 0.105. The first kappa shape index (κ1) is 12.5. The van der Waals surface area contributed by atoms with Gasteiger partial charge in [0, 0.05) is 12.1 Å². The molecule has 2 atom stereocenters. The van der Waals surface area contributed by atoms with Gasteiger partial charge in [0.15, 0.2) is 0 Å². The minimum Gasteiger partial charge on any atom is -0.373 e. The van der Waals surface area contributed by atoms with Crippen LogP contribution in [0.15, 0.2) is 48.5 Å². The molecular formula is C18H18N2O. The fourth-order valence-electron chi connectivity index (χ4n) is 3.44. The van der Waals surface area contributed by atoms with Gasteiger partial charge in [0.2, 0.25) is 5.91 Å². The predicted octanol–water partition coefficient (Wildman–Crippen LogP) is 2.83. The molecule has 2 unspecified atom stereocenters. The van der Waals surface area contributed by atoms with Crippen molar-refractivity contribution in [3.05, 3.63) is 65.2 Å². The number of hydrogen-bond acceptors (Lipinski definition) is 2. The van der Waals surface area contributed by atoms with Crippen LogP contribution in [0.3, 0.4) is 0 Å². The summed E-state index contributed by atoms with van der Waals surface area (Å²) in [6.07, 6.45) is 2.83. The van der Waals surface area contributed by atoms with Crippen LogP contribution in [-0.4, -0.2) is 11.9 Å². The zero-order valence-corrected chi connectivity index (χ0v) is 11.8. The molecule has 1 amide bonds. The molecule has 2 aliphatic rings. The molecule has 0 aromatic heterocycles. The van der Waals surface area contributed by atoms with E-state index in [-0.39, 0.29) is 18.0 Å². The van der Waals surface area contributed by atoms with E-state index >= 15 is 0 Å². The molecule has 1 aliphatic heterocycles. The first-order valence-electron chi connectivity index (χ1n) is 7.54. The molecule has 21 heavy (non-hydrogen) atoms. The number of anilines is 1. The van der Waals surface area contributed by atoms with Gasteiger partial charge in [0.1, 0.15) is 6.04 Å². The van der Waals surface area contributed by atoms with Crippen LogP contribution in [0.4, 0.5) is 5.69 Å². The van der Waals surface area contributed by atoms with E-state index in [1.54, 1.807) is 0 Å². The van der Waals surface area contributed by atoms with Gasteiger partial charge in [0.25, 0.3) is 0 Å². The number of carbonyl (C=O) groups excluding carboxylic acids is 1. The van der Waals surface area contributed by atoms with Crippen molar-refractivity contribution in [3.8, 4) is 0 Å². The third-order valence-electron chi connectivity index (χ3n) is 4.54. The first-order valence-corrected chi connectivity index (χ1v) is 7.54. The SMILES string of the molecule is O=C(NC1CCc2ccccc21)C1Cc2ccccc2N1. The van der Waals surface area contributed by atoms with Crippen LogP contribution in [-0.2, 0) is 17.6 Å². The maximum atomic E-state index is 12.5. The molecule has 0 saturated heterocycles. The largest absolute Gasteiger partial charge is 0.373 e. The van der Waals surface area contributed by atoms with E-state index in [1.165, 1.54) is 16.7 Å². The standard InChI is InChI=1S/C18H18N2O/c21-18(17-11-13-6-2-4-8-15(13)19-17)20-16-10-9-12-5-1-3-7-14(12)16/h1-8,16-17,19H,9-11H2,(H,20,21). The Kier molecular flexibility index (Phi) is 2.92. The number of carbonyl (C=O) groups is 1. The molecule has 2 aromatic rings. The maximum absolute atomic E-state index is 12.5. The van der Waals surface area contributed by atoms with Crippen LogP contribution in [0.5, 0.6) is 0 Å². The Hall–Kier alpha value is -2.29. The molecule has 0 radical (unpaired) electrons. The Morgan fingerprint density at radius 3 is 2.67 bits per heavy atom.